The van der Waals surface area contributed by atoms with Gasteiger partial charge in [-0.15, -0.1) is 0 Å². The van der Waals surface area contributed by atoms with Gasteiger partial charge in [-0.2, -0.15) is 9.78 Å². The molecule has 5 rings (SSSR count). The number of phenolic OH excluding ortho intramolecular Hbond substituents is 1. The molecule has 0 fully saturated rings. The highest BCUT2D eigenvalue weighted by atomic mass is 16.3. The van der Waals surface area contributed by atoms with Gasteiger partial charge in [0.15, 0.2) is 5.65 Å². The summed E-state index contributed by atoms with van der Waals surface area (Å²) in [6.07, 6.45) is 1.54. The van der Waals surface area contributed by atoms with Crippen molar-refractivity contribution >= 4 is 45.8 Å². The van der Waals surface area contributed by atoms with Crippen LogP contribution in [0.15, 0.2) is 71.8 Å². The van der Waals surface area contributed by atoms with E-state index in [1.54, 1.807) is 30.5 Å². The van der Waals surface area contributed by atoms with E-state index in [0.29, 0.717) is 33.4 Å². The Bertz CT molecular complexity index is 1600. The van der Waals surface area contributed by atoms with Crippen LogP contribution >= 0.6 is 0 Å². The fourth-order valence-electron chi connectivity index (χ4n) is 3.77. The first kappa shape index (κ1) is 21.1. The van der Waals surface area contributed by atoms with Crippen LogP contribution in [0.4, 0.5) is 11.5 Å². The Kier molecular flexibility index (Phi) is 5.18. The summed E-state index contributed by atoms with van der Waals surface area (Å²) >= 11 is 0. The Hall–Kier alpha value is -4.72. The van der Waals surface area contributed by atoms with Gasteiger partial charge in [0.05, 0.1) is 17.2 Å². The highest BCUT2D eigenvalue weighted by molar-refractivity contribution is 6.16. The molecule has 0 aliphatic heterocycles. The second-order valence-electron chi connectivity index (χ2n) is 8.07. The van der Waals surface area contributed by atoms with Crippen LogP contribution in [0.2, 0.25) is 0 Å². The van der Waals surface area contributed by atoms with Gasteiger partial charge in [-0.25, -0.2) is 9.97 Å². The van der Waals surface area contributed by atoms with E-state index in [-0.39, 0.29) is 17.1 Å². The number of hydrogen-bond donors (Lipinski definition) is 3. The lowest BCUT2D eigenvalue weighted by atomic mass is 10.1. The third-order valence-corrected chi connectivity index (χ3v) is 5.53. The van der Waals surface area contributed by atoms with Crippen LogP contribution in [0.3, 0.4) is 0 Å². The number of carbonyl (C=O) groups is 1. The quantitative estimate of drug-likeness (QED) is 0.345. The summed E-state index contributed by atoms with van der Waals surface area (Å²) in [6, 6.07) is 19.9. The van der Waals surface area contributed by atoms with Gasteiger partial charge in [0, 0.05) is 5.69 Å². The first-order valence-corrected chi connectivity index (χ1v) is 10.7. The molecule has 2 aromatic heterocycles. The summed E-state index contributed by atoms with van der Waals surface area (Å²) in [5.41, 5.74) is 12.0. The number of fused-ring (bicyclic) bond motifs is 2. The molecule has 8 heteroatoms. The summed E-state index contributed by atoms with van der Waals surface area (Å²) in [5, 5.41) is 17.2. The second-order valence-corrected chi connectivity index (χ2v) is 8.07. The van der Waals surface area contributed by atoms with Gasteiger partial charge in [-0.3, -0.25) is 4.79 Å². The maximum absolute atomic E-state index is 13.4. The topological polar surface area (TPSA) is 118 Å². The number of aryl methyl sites for hydroxylation is 2. The van der Waals surface area contributed by atoms with Crippen molar-refractivity contribution < 1.29 is 9.90 Å². The number of aromatic hydroxyl groups is 1. The molecule has 168 valence electrons. The van der Waals surface area contributed by atoms with Crippen LogP contribution in [0.1, 0.15) is 27.0 Å². The van der Waals surface area contributed by atoms with E-state index in [4.69, 9.17) is 10.7 Å². The molecule has 0 saturated heterocycles. The van der Waals surface area contributed by atoms with Crippen LogP contribution in [-0.2, 0) is 0 Å². The number of hydrogen-bond acceptors (Lipinski definition) is 6. The van der Waals surface area contributed by atoms with Crippen LogP contribution in [0.5, 0.6) is 5.75 Å². The van der Waals surface area contributed by atoms with Gasteiger partial charge in [-0.05, 0) is 60.9 Å². The monoisotopic (exact) mass is 450 g/mol. The van der Waals surface area contributed by atoms with Crippen molar-refractivity contribution in [2.45, 2.75) is 13.8 Å². The lowest BCUT2D eigenvalue weighted by molar-refractivity contribution is 0.102. The van der Waals surface area contributed by atoms with E-state index < -0.39 is 5.91 Å². The lowest BCUT2D eigenvalue weighted by Gasteiger charge is -2.09. The minimum atomic E-state index is -0.396. The molecule has 0 aliphatic rings. The molecule has 0 spiro atoms. The van der Waals surface area contributed by atoms with Crippen LogP contribution in [-0.4, -0.2) is 31.9 Å². The molecule has 4 N–H and O–H groups in total. The Labute approximate surface area is 195 Å². The number of rotatable bonds is 4. The molecule has 1 amide bonds. The fraction of sp³-hybridized carbons (Fsp3) is 0.0769. The minimum absolute atomic E-state index is 0.115. The van der Waals surface area contributed by atoms with E-state index in [0.717, 1.165) is 11.1 Å². The Balaban J connectivity index is 1.67. The van der Waals surface area contributed by atoms with Crippen molar-refractivity contribution in [1.82, 2.24) is 14.6 Å². The summed E-state index contributed by atoms with van der Waals surface area (Å²) in [7, 11) is 0. The molecule has 0 saturated carbocycles. The van der Waals surface area contributed by atoms with E-state index in [9.17, 15) is 9.90 Å². The van der Waals surface area contributed by atoms with E-state index >= 15 is 0 Å². The first-order valence-electron chi connectivity index (χ1n) is 10.7. The maximum atomic E-state index is 13.4. The molecule has 0 atom stereocenters. The zero-order chi connectivity index (χ0) is 23.8. The number of aromatic nitrogens is 3. The average Bonchev–Trinajstić information content (AvgIpc) is 3.08. The predicted molar refractivity (Wildman–Crippen MR) is 134 cm³/mol. The van der Waals surface area contributed by atoms with Crippen molar-refractivity contribution in [2.24, 2.45) is 5.10 Å². The Morgan fingerprint density at radius 1 is 1.03 bits per heavy atom. The zero-order valence-corrected chi connectivity index (χ0v) is 18.6. The summed E-state index contributed by atoms with van der Waals surface area (Å²) < 4.78 is 1.40. The van der Waals surface area contributed by atoms with E-state index in [1.807, 2.05) is 56.3 Å². The van der Waals surface area contributed by atoms with Gasteiger partial charge in [0.25, 0.3) is 5.91 Å². The molecule has 3 aromatic carbocycles. The van der Waals surface area contributed by atoms with Crippen LogP contribution in [0, 0.1) is 13.8 Å². The smallest absolute Gasteiger partial charge is 0.261 e. The lowest BCUT2D eigenvalue weighted by Crippen LogP contribution is -2.15. The van der Waals surface area contributed by atoms with Gasteiger partial charge in [0.1, 0.15) is 22.6 Å². The number of nitrogens with one attached hydrogen (secondary N) is 1. The molecule has 8 nitrogen and oxygen atoms in total. The third-order valence-electron chi connectivity index (χ3n) is 5.53. The summed E-state index contributed by atoms with van der Waals surface area (Å²) in [4.78, 5) is 22.8. The molecule has 2 heterocycles. The first-order chi connectivity index (χ1) is 16.4. The number of anilines is 2. The molecular formula is C26H22N6O2. The zero-order valence-electron chi connectivity index (χ0n) is 18.6. The number of nitrogens with two attached hydrogens (primary N) is 1. The van der Waals surface area contributed by atoms with E-state index in [1.165, 1.54) is 4.68 Å². The summed E-state index contributed by atoms with van der Waals surface area (Å²) in [6.45, 7) is 3.89. The van der Waals surface area contributed by atoms with Crippen molar-refractivity contribution in [3.63, 3.8) is 0 Å². The molecule has 34 heavy (non-hydrogen) atoms. The highest BCUT2D eigenvalue weighted by Crippen LogP contribution is 2.29. The van der Waals surface area contributed by atoms with Crippen LogP contribution < -0.4 is 11.1 Å². The Morgan fingerprint density at radius 2 is 1.79 bits per heavy atom. The minimum Gasteiger partial charge on any atom is -0.508 e. The molecule has 0 unspecified atom stereocenters. The summed E-state index contributed by atoms with van der Waals surface area (Å²) in [5.74, 6) is -0.162. The Morgan fingerprint density at radius 3 is 2.56 bits per heavy atom. The normalized spacial score (nSPS) is 11.5. The maximum Gasteiger partial charge on any atom is 0.261 e. The number of benzene rings is 3. The van der Waals surface area contributed by atoms with Crippen molar-refractivity contribution in [1.29, 1.82) is 0 Å². The molecule has 0 bridgehead atoms. The molecular weight excluding hydrogens is 428 g/mol. The molecule has 5 aromatic rings. The van der Waals surface area contributed by atoms with Gasteiger partial charge >= 0.3 is 0 Å². The second kappa shape index (κ2) is 8.32. The number of para-hydroxylation sites is 2. The van der Waals surface area contributed by atoms with Gasteiger partial charge in [0.2, 0.25) is 0 Å². The number of nitrogen functional groups attached to an aromatic ring is 1. The standard InChI is InChI=1S/C26H22N6O2/c1-15-10-11-16(2)21(12-15)31-26(34)22-23-25(30-20-9-4-3-8-19(20)29-23)32(24(22)27)28-14-17-6-5-7-18(33)13-17/h3-14,33H,27H2,1-2H3,(H,31,34). The third kappa shape index (κ3) is 3.81. The fourth-order valence-corrected chi connectivity index (χ4v) is 3.77. The number of carbonyl (C=O) groups excluding carboxylic acids is 1. The highest BCUT2D eigenvalue weighted by Gasteiger charge is 2.24. The van der Waals surface area contributed by atoms with E-state index in [2.05, 4.69) is 15.4 Å². The van der Waals surface area contributed by atoms with Crippen molar-refractivity contribution in [3.05, 3.63) is 89.0 Å². The van der Waals surface area contributed by atoms with Crippen molar-refractivity contribution in [2.75, 3.05) is 11.1 Å². The predicted octanol–water partition coefficient (Wildman–Crippen LogP) is 4.62. The largest absolute Gasteiger partial charge is 0.508 e. The number of amides is 1. The van der Waals surface area contributed by atoms with Gasteiger partial charge < -0.3 is 16.2 Å². The SMILES string of the molecule is Cc1ccc(C)c(NC(=O)c2c(N)n(N=Cc3cccc(O)c3)c3nc4ccccc4nc23)c1. The molecule has 0 radical (unpaired) electrons. The molecule has 0 aliphatic carbocycles. The average molecular weight is 451 g/mol. The van der Waals surface area contributed by atoms with Gasteiger partial charge in [-0.1, -0.05) is 36.4 Å². The number of phenols is 1. The van der Waals surface area contributed by atoms with Crippen molar-refractivity contribution in [3.8, 4) is 5.75 Å². The number of nitrogens with zero attached hydrogens (tertiary/aromatic N) is 4. The van der Waals surface area contributed by atoms with Crippen LogP contribution in [0.25, 0.3) is 22.2 Å².